The van der Waals surface area contributed by atoms with Crippen molar-refractivity contribution in [1.29, 1.82) is 10.5 Å². The van der Waals surface area contributed by atoms with Gasteiger partial charge >= 0.3 is 0 Å². The SMILES string of the molecule is CC(C)(C)c1cc(-c2cc(-c3ccccc3)cc(-c3cc(C(C)(C)C)cc(C(C)(C)C)c3)c2N2c3cc(-n4c5ccccc5c5ccccc54)ccc3B3c4ccc(-n5c6ccccc6c6ccccc65)cc4N(c4c(-c5cc(C(C)(C)C)cc(C(C)(C)C)c5)cc(-c5c(C#N)cccc5C#N)cc4-c4cc(C(C)(C)C)cc(C(C)(C)C)c4)c4cc(-c5ccccc5)cc2c43)cc(C(C)(C)C)c1. The molecule has 2 aliphatic rings. The molecule has 18 aromatic rings. The second-order valence-corrected chi connectivity index (χ2v) is 47.0. The Hall–Kier alpha value is -14.2. The lowest BCUT2D eigenvalue weighted by atomic mass is 9.33. The van der Waals surface area contributed by atoms with Crippen LogP contribution in [0.15, 0.2) is 322 Å². The van der Waals surface area contributed by atoms with Crippen LogP contribution in [0, 0.1) is 22.7 Å². The zero-order chi connectivity index (χ0) is 96.6. The number of nitriles is 2. The first kappa shape index (κ1) is 90.6. The Balaban J connectivity index is 1.06. The van der Waals surface area contributed by atoms with E-state index in [1.807, 2.05) is 18.2 Å². The van der Waals surface area contributed by atoms with E-state index in [9.17, 15) is 10.5 Å². The average molecular weight is 1780 g/mol. The van der Waals surface area contributed by atoms with Crippen LogP contribution in [0.5, 0.6) is 0 Å². The maximum Gasteiger partial charge on any atom is 0.252 e. The highest BCUT2D eigenvalue weighted by atomic mass is 15.2. The molecule has 678 valence electrons. The van der Waals surface area contributed by atoms with E-state index in [-0.39, 0.29) is 43.3 Å². The number of rotatable bonds is 11. The quantitative estimate of drug-likeness (QED) is 0.121. The summed E-state index contributed by atoms with van der Waals surface area (Å²) in [6, 6.07) is 129. The summed E-state index contributed by atoms with van der Waals surface area (Å²) < 4.78 is 5.02. The van der Waals surface area contributed by atoms with Crippen molar-refractivity contribution in [3.63, 3.8) is 0 Å². The third-order valence-electron chi connectivity index (χ3n) is 29.1. The van der Waals surface area contributed by atoms with Crippen LogP contribution in [0.4, 0.5) is 34.1 Å². The van der Waals surface area contributed by atoms with E-state index in [0.717, 1.165) is 156 Å². The van der Waals surface area contributed by atoms with Gasteiger partial charge in [-0.2, -0.15) is 10.5 Å². The Labute approximate surface area is 812 Å². The van der Waals surface area contributed by atoms with Crippen LogP contribution in [0.25, 0.3) is 133 Å². The van der Waals surface area contributed by atoms with Gasteiger partial charge in [-0.25, -0.2) is 0 Å². The Kier molecular flexibility index (Phi) is 21.7. The van der Waals surface area contributed by atoms with Crippen LogP contribution < -0.4 is 26.2 Å². The van der Waals surface area contributed by atoms with Gasteiger partial charge in [0.2, 0.25) is 0 Å². The molecule has 0 spiro atoms. The molecule has 137 heavy (non-hydrogen) atoms. The summed E-state index contributed by atoms with van der Waals surface area (Å²) in [5.74, 6) is 0. The van der Waals surface area contributed by atoms with Crippen molar-refractivity contribution in [2.75, 3.05) is 9.80 Å². The zero-order valence-electron chi connectivity index (χ0n) is 84.4. The molecule has 4 heterocycles. The predicted octanol–water partition coefficient (Wildman–Crippen LogP) is 33.8. The third-order valence-corrected chi connectivity index (χ3v) is 29.1. The number of para-hydroxylation sites is 4. The molecule has 2 aromatic heterocycles. The van der Waals surface area contributed by atoms with E-state index < -0.39 is 6.71 Å². The molecule has 20 rings (SSSR count). The summed E-state index contributed by atoms with van der Waals surface area (Å²) in [6.45, 7) is 56.1. The predicted molar refractivity (Wildman–Crippen MR) is 586 cm³/mol. The first-order valence-electron chi connectivity index (χ1n) is 49.0. The molecule has 0 amide bonds. The molecule has 0 unspecified atom stereocenters. The minimum absolute atomic E-state index is 0.264. The average Bonchev–Trinajstić information content (AvgIpc) is 0.897. The summed E-state index contributed by atoms with van der Waals surface area (Å²) in [6.07, 6.45) is 0. The summed E-state index contributed by atoms with van der Waals surface area (Å²) in [4.78, 5) is 5.51. The molecule has 0 fully saturated rings. The van der Waals surface area contributed by atoms with Crippen LogP contribution in [0.3, 0.4) is 0 Å². The molecule has 7 heteroatoms. The molecule has 6 nitrogen and oxygen atoms in total. The third kappa shape index (κ3) is 16.1. The molecule has 0 saturated carbocycles. The minimum atomic E-state index is -0.439. The van der Waals surface area contributed by atoms with Gasteiger partial charge in [0.15, 0.2) is 0 Å². The fraction of sp³-hybridized carbons (Fsp3) is 0.246. The van der Waals surface area contributed by atoms with Crippen molar-refractivity contribution >= 4 is 101 Å². The summed E-state index contributed by atoms with van der Waals surface area (Å²) in [7, 11) is 0. The summed E-state index contributed by atoms with van der Waals surface area (Å²) >= 11 is 0. The van der Waals surface area contributed by atoms with Gasteiger partial charge in [-0.15, -0.1) is 0 Å². The lowest BCUT2D eigenvalue weighted by Gasteiger charge is -2.46. The molecular weight excluding hydrogens is 1660 g/mol. The summed E-state index contributed by atoms with van der Waals surface area (Å²) in [5.41, 5.74) is 38.4. The number of aromatic nitrogens is 2. The van der Waals surface area contributed by atoms with E-state index in [1.54, 1.807) is 0 Å². The van der Waals surface area contributed by atoms with Gasteiger partial charge in [0.25, 0.3) is 6.71 Å². The Morgan fingerprint density at radius 2 is 0.474 bits per heavy atom. The fourth-order valence-electron chi connectivity index (χ4n) is 21.1. The number of hydrogen-bond donors (Lipinski definition) is 0. The Bertz CT molecular complexity index is 7590. The molecule has 0 atom stereocenters. The molecule has 16 aromatic carbocycles. The number of benzene rings is 16. The number of nitrogens with zero attached hydrogens (tertiary/aromatic N) is 6. The van der Waals surface area contributed by atoms with Crippen molar-refractivity contribution in [2.24, 2.45) is 0 Å². The van der Waals surface area contributed by atoms with Crippen molar-refractivity contribution in [3.8, 4) is 101 Å². The highest BCUT2D eigenvalue weighted by Crippen LogP contribution is 2.58. The number of hydrogen-bond acceptors (Lipinski definition) is 4. The van der Waals surface area contributed by atoms with Crippen LogP contribution >= 0.6 is 0 Å². The van der Waals surface area contributed by atoms with Gasteiger partial charge in [0, 0.05) is 83.5 Å². The lowest BCUT2D eigenvalue weighted by molar-refractivity contribution is 0.568. The van der Waals surface area contributed by atoms with Gasteiger partial charge in [0.1, 0.15) is 0 Å². The molecule has 0 radical (unpaired) electrons. The minimum Gasteiger partial charge on any atom is -0.310 e. The largest absolute Gasteiger partial charge is 0.310 e. The maximum absolute atomic E-state index is 11.7. The molecule has 2 aliphatic heterocycles. The second kappa shape index (κ2) is 32.8. The second-order valence-electron chi connectivity index (χ2n) is 47.0. The van der Waals surface area contributed by atoms with Gasteiger partial charge < -0.3 is 18.9 Å². The van der Waals surface area contributed by atoms with Gasteiger partial charge in [0.05, 0.1) is 56.7 Å². The Morgan fingerprint density at radius 1 is 0.219 bits per heavy atom. The molecular formula is C130H125BN6. The van der Waals surface area contributed by atoms with Gasteiger partial charge in [-0.3, -0.25) is 0 Å². The molecule has 0 N–H and O–H groups in total. The maximum atomic E-state index is 11.7. The van der Waals surface area contributed by atoms with Crippen molar-refractivity contribution in [3.05, 3.63) is 377 Å². The zero-order valence-corrected chi connectivity index (χ0v) is 84.4. The van der Waals surface area contributed by atoms with E-state index in [1.165, 1.54) is 66.1 Å². The monoisotopic (exact) mass is 1780 g/mol. The van der Waals surface area contributed by atoms with Crippen molar-refractivity contribution in [1.82, 2.24) is 9.13 Å². The van der Waals surface area contributed by atoms with Crippen LogP contribution in [-0.2, 0) is 43.3 Å². The molecule has 0 saturated heterocycles. The van der Waals surface area contributed by atoms with E-state index in [0.29, 0.717) is 16.7 Å². The van der Waals surface area contributed by atoms with E-state index >= 15 is 0 Å². The summed E-state index contributed by atoms with van der Waals surface area (Å²) in [5, 5.41) is 28.2. The molecule has 0 aliphatic carbocycles. The highest BCUT2D eigenvalue weighted by Gasteiger charge is 2.47. The highest BCUT2D eigenvalue weighted by molar-refractivity contribution is 7.00. The van der Waals surface area contributed by atoms with E-state index in [2.05, 4.69) is 501 Å². The number of anilines is 6. The lowest BCUT2D eigenvalue weighted by Crippen LogP contribution is -2.61. The number of fused-ring (bicyclic) bond motifs is 10. The smallest absolute Gasteiger partial charge is 0.252 e. The normalized spacial score (nSPS) is 13.2. The topological polar surface area (TPSA) is 63.9 Å². The van der Waals surface area contributed by atoms with Gasteiger partial charge in [-0.05, 0) is 251 Å². The Morgan fingerprint density at radius 3 is 0.745 bits per heavy atom. The van der Waals surface area contributed by atoms with Crippen LogP contribution in [0.1, 0.15) is 222 Å². The standard InChI is InChI=1S/C130H125BN6/c1-123(2,3)91-58-86(59-92(72-91)124(4,5)6)105-66-84(80-40-27-25-28-41-80)67-106(87-60-93(125(7,8)9)73-94(61-87)126(10,11)12)121(105)136-115-76-99(134-111-50-35-31-46-101(111)102-47-32-36-51-112(102)134)54-56-109(115)131-110-57-55-100(135-113-52-37-33-48-103(113)104-49-34-38-53-114(104)135)77-116(110)137(118-71-85(70-117(136)120(118)131)81-42-29-26-30-43-81)122-107(88-62-95(127(13,14)15)74-96(63-88)128(16,17)18)68-90(119-82(78-132)44-39-45-83(119)79-133)69-108(122)89-64-97(129(19,20)21)75-98(65-89)130(22,23)24/h25-77H,1-24H3. The van der Waals surface area contributed by atoms with Crippen molar-refractivity contribution in [2.45, 2.75) is 209 Å². The van der Waals surface area contributed by atoms with Crippen LogP contribution in [0.2, 0.25) is 0 Å². The van der Waals surface area contributed by atoms with Gasteiger partial charge in [-0.1, -0.05) is 391 Å². The van der Waals surface area contributed by atoms with Crippen molar-refractivity contribution < 1.29 is 0 Å². The van der Waals surface area contributed by atoms with E-state index in [4.69, 9.17) is 0 Å². The molecule has 0 bridgehead atoms. The first-order valence-corrected chi connectivity index (χ1v) is 49.0. The fourth-order valence-corrected chi connectivity index (χ4v) is 21.1. The van der Waals surface area contributed by atoms with Crippen LogP contribution in [-0.4, -0.2) is 15.8 Å². The first-order chi connectivity index (χ1) is 64.9.